The smallest absolute Gasteiger partial charge is 0.241 e. The van der Waals surface area contributed by atoms with Crippen LogP contribution in [0, 0.1) is 10.8 Å². The Morgan fingerprint density at radius 1 is 0.529 bits per heavy atom. The standard InChI is InChI=1S/C55H45N15/c1-38(63-40-20-8-3-9-21-40)62-39(2)67(42-24-12-5-13-25-42)52-58-36-60-54(65-52)70(45-32-33-49-47(34-45)46-30-18-19-31-48(46)68(49)43-26-14-6-15-27-43)55-61-37-59-53(66-55)69(44-28-16-7-17-29-44)51(57)35-50(56)64-41-22-10-4-11-23-41/h3-34,36-37,57H,35H2,1-2H3,(H2,56,64). The van der Waals surface area contributed by atoms with Crippen molar-refractivity contribution in [2.45, 2.75) is 20.3 Å². The monoisotopic (exact) mass is 915 g/mol. The van der Waals surface area contributed by atoms with Gasteiger partial charge in [-0.3, -0.25) is 20.6 Å². The van der Waals surface area contributed by atoms with E-state index in [9.17, 15) is 5.41 Å². The fourth-order valence-corrected chi connectivity index (χ4v) is 8.24. The maximum Gasteiger partial charge on any atom is 0.241 e. The van der Waals surface area contributed by atoms with Crippen molar-refractivity contribution in [3.8, 4) is 5.69 Å². The van der Waals surface area contributed by atoms with E-state index < -0.39 is 0 Å². The number of anilines is 8. The largest absolute Gasteiger partial charge is 0.344 e. The van der Waals surface area contributed by atoms with E-state index >= 15 is 0 Å². The zero-order valence-corrected chi connectivity index (χ0v) is 38.2. The Kier molecular flexibility index (Phi) is 12.6. The number of benzene rings is 7. The molecule has 0 atom stereocenters. The Labute approximate surface area is 403 Å². The summed E-state index contributed by atoms with van der Waals surface area (Å²) in [6.07, 6.45) is 2.81. The maximum atomic E-state index is 9.44. The topological polar surface area (TPSA) is 176 Å². The normalized spacial score (nSPS) is 11.6. The molecule has 340 valence electrons. The molecular weight excluding hydrogens is 871 g/mol. The van der Waals surface area contributed by atoms with Crippen LogP contribution in [0.15, 0.2) is 217 Å². The van der Waals surface area contributed by atoms with Crippen LogP contribution in [-0.4, -0.2) is 57.8 Å². The summed E-state index contributed by atoms with van der Waals surface area (Å²) in [5, 5.41) is 23.4. The fourth-order valence-electron chi connectivity index (χ4n) is 8.24. The second-order valence-electron chi connectivity index (χ2n) is 16.0. The number of amidine groups is 4. The third-order valence-electron chi connectivity index (χ3n) is 11.2. The summed E-state index contributed by atoms with van der Waals surface area (Å²) in [6, 6.07) is 63.0. The van der Waals surface area contributed by atoms with E-state index in [2.05, 4.69) is 51.3 Å². The van der Waals surface area contributed by atoms with Crippen LogP contribution >= 0.6 is 0 Å². The Hall–Kier alpha value is -9.76. The predicted octanol–water partition coefficient (Wildman–Crippen LogP) is 12.5. The molecule has 0 bridgehead atoms. The molecule has 0 aliphatic carbocycles. The van der Waals surface area contributed by atoms with E-state index in [0.29, 0.717) is 23.0 Å². The van der Waals surface area contributed by atoms with Crippen molar-refractivity contribution in [1.82, 2.24) is 34.5 Å². The highest BCUT2D eigenvalue weighted by Crippen LogP contribution is 2.39. The molecule has 0 unspecified atom stereocenters. The number of nitrogens with zero attached hydrogens (tertiary/aromatic N) is 12. The van der Waals surface area contributed by atoms with Gasteiger partial charge in [0.15, 0.2) is 0 Å². The van der Waals surface area contributed by atoms with Crippen LogP contribution in [0.3, 0.4) is 0 Å². The Bertz CT molecular complexity index is 3510. The third-order valence-corrected chi connectivity index (χ3v) is 11.2. The highest BCUT2D eigenvalue weighted by atomic mass is 15.4. The number of nitrogens with one attached hydrogen (secondary N) is 3. The lowest BCUT2D eigenvalue weighted by atomic mass is 10.1. The number of hydrogen-bond acceptors (Lipinski definition) is 10. The summed E-state index contributed by atoms with van der Waals surface area (Å²) >= 11 is 0. The molecule has 0 saturated heterocycles. The van der Waals surface area contributed by atoms with Crippen LogP contribution < -0.4 is 20.0 Å². The van der Waals surface area contributed by atoms with Gasteiger partial charge in [-0.15, -0.1) is 0 Å². The summed E-state index contributed by atoms with van der Waals surface area (Å²) < 4.78 is 2.25. The van der Waals surface area contributed by atoms with Crippen molar-refractivity contribution in [1.29, 1.82) is 10.8 Å². The molecule has 0 aliphatic heterocycles. The molecule has 70 heavy (non-hydrogen) atoms. The quantitative estimate of drug-likeness (QED) is 0.0789. The molecule has 0 fully saturated rings. The maximum absolute atomic E-state index is 9.44. The minimum absolute atomic E-state index is 0.0558. The summed E-state index contributed by atoms with van der Waals surface area (Å²) in [4.78, 5) is 44.1. The lowest BCUT2D eigenvalue weighted by Gasteiger charge is -2.26. The first-order chi connectivity index (χ1) is 34.4. The van der Waals surface area contributed by atoms with Gasteiger partial charge in [0.25, 0.3) is 0 Å². The van der Waals surface area contributed by atoms with Gasteiger partial charge in [-0.05, 0) is 98.8 Å². The van der Waals surface area contributed by atoms with Gasteiger partial charge >= 0.3 is 0 Å². The molecule has 0 spiro atoms. The molecule has 0 saturated carbocycles. The highest BCUT2D eigenvalue weighted by Gasteiger charge is 2.27. The van der Waals surface area contributed by atoms with Crippen molar-refractivity contribution < 1.29 is 0 Å². The molecule has 7 aromatic carbocycles. The molecule has 0 aliphatic rings. The van der Waals surface area contributed by atoms with Crippen LogP contribution in [-0.2, 0) is 0 Å². The lowest BCUT2D eigenvalue weighted by Crippen LogP contribution is -2.31. The van der Waals surface area contributed by atoms with Crippen LogP contribution in [0.5, 0.6) is 0 Å². The summed E-state index contributed by atoms with van der Waals surface area (Å²) in [5.74, 6) is 2.08. The van der Waals surface area contributed by atoms with Gasteiger partial charge in [-0.2, -0.15) is 9.97 Å². The second-order valence-corrected chi connectivity index (χ2v) is 16.0. The molecule has 0 amide bonds. The molecule has 3 heterocycles. The molecule has 10 rings (SSSR count). The minimum atomic E-state index is -0.0563. The van der Waals surface area contributed by atoms with Gasteiger partial charge in [0.1, 0.15) is 36.0 Å². The number of para-hydroxylation sites is 6. The van der Waals surface area contributed by atoms with Gasteiger partial charge < -0.3 is 9.88 Å². The van der Waals surface area contributed by atoms with Crippen LogP contribution in [0.2, 0.25) is 0 Å². The van der Waals surface area contributed by atoms with Gasteiger partial charge in [-0.1, -0.05) is 109 Å². The zero-order valence-electron chi connectivity index (χ0n) is 38.2. The second kappa shape index (κ2) is 20.0. The average Bonchev–Trinajstić information content (AvgIpc) is 3.72. The van der Waals surface area contributed by atoms with Crippen molar-refractivity contribution in [2.24, 2.45) is 9.98 Å². The summed E-state index contributed by atoms with van der Waals surface area (Å²) in [6.45, 7) is 3.74. The lowest BCUT2D eigenvalue weighted by molar-refractivity contribution is 0.936. The molecule has 3 aromatic heterocycles. The van der Waals surface area contributed by atoms with E-state index in [1.165, 1.54) is 12.7 Å². The number of aliphatic imine (C=N–C) groups is 2. The first-order valence-electron chi connectivity index (χ1n) is 22.5. The first kappa shape index (κ1) is 44.1. The number of hydrogen-bond donors (Lipinski definition) is 3. The van der Waals surface area contributed by atoms with Crippen molar-refractivity contribution in [3.63, 3.8) is 0 Å². The zero-order chi connectivity index (χ0) is 47.8. The van der Waals surface area contributed by atoms with Gasteiger partial charge in [0.2, 0.25) is 23.8 Å². The van der Waals surface area contributed by atoms with Crippen molar-refractivity contribution >= 4 is 97.4 Å². The number of fused-ring (bicyclic) bond motifs is 3. The van der Waals surface area contributed by atoms with E-state index in [-0.39, 0.29) is 41.9 Å². The van der Waals surface area contributed by atoms with Gasteiger partial charge in [0.05, 0.1) is 40.2 Å². The van der Waals surface area contributed by atoms with Crippen molar-refractivity contribution in [2.75, 3.05) is 20.0 Å². The average molecular weight is 916 g/mol. The van der Waals surface area contributed by atoms with E-state index in [1.807, 2.05) is 176 Å². The number of rotatable bonds is 12. The molecule has 3 N–H and O–H groups in total. The van der Waals surface area contributed by atoms with Gasteiger partial charge in [0, 0.05) is 22.1 Å². The molecular formula is C55H45N15. The Balaban J connectivity index is 1.12. The molecule has 0 radical (unpaired) electrons. The fraction of sp³-hybridized carbons (Fsp3) is 0.0545. The Morgan fingerprint density at radius 3 is 1.69 bits per heavy atom. The Morgan fingerprint density at radius 2 is 1.04 bits per heavy atom. The summed E-state index contributed by atoms with van der Waals surface area (Å²) in [7, 11) is 0. The van der Waals surface area contributed by atoms with Crippen LogP contribution in [0.1, 0.15) is 20.3 Å². The molecule has 10 aromatic rings. The third kappa shape index (κ3) is 9.43. The molecule has 15 heteroatoms. The SMILES string of the molecule is CC(=Nc1ccccc1)N=C(C)N(c1ccccc1)c1ncnc(N(c2ccc3c(c2)c2ccccc2n3-c2ccccc2)c2ncnc(N(C(=N)CC(=N)Nc3ccccc3)c3ccccc3)n2)n1. The predicted molar refractivity (Wildman–Crippen MR) is 282 cm³/mol. The van der Waals surface area contributed by atoms with Crippen LogP contribution in [0.25, 0.3) is 27.5 Å². The van der Waals surface area contributed by atoms with E-state index in [4.69, 9.17) is 40.3 Å². The number of aromatic nitrogens is 7. The van der Waals surface area contributed by atoms with Crippen LogP contribution in [0.4, 0.5) is 52.2 Å². The molecule has 15 nitrogen and oxygen atoms in total. The highest BCUT2D eigenvalue weighted by molar-refractivity contribution is 6.14. The summed E-state index contributed by atoms with van der Waals surface area (Å²) in [5.41, 5.74) is 6.63. The van der Waals surface area contributed by atoms with Gasteiger partial charge in [-0.25, -0.2) is 34.8 Å². The van der Waals surface area contributed by atoms with Crippen molar-refractivity contribution in [3.05, 3.63) is 207 Å². The van der Waals surface area contributed by atoms with E-state index in [1.54, 1.807) is 9.80 Å². The van der Waals surface area contributed by atoms with E-state index in [0.717, 1.165) is 44.6 Å². The minimum Gasteiger partial charge on any atom is -0.344 e. The first-order valence-corrected chi connectivity index (χ1v) is 22.5.